The predicted octanol–water partition coefficient (Wildman–Crippen LogP) is 4.16. The van der Waals surface area contributed by atoms with Crippen LogP contribution in [-0.4, -0.2) is 33.4 Å². The molecule has 1 fully saturated rings. The molecule has 1 aliphatic heterocycles. The van der Waals surface area contributed by atoms with Crippen LogP contribution in [0.25, 0.3) is 0 Å². The first-order valence-corrected chi connectivity index (χ1v) is 9.30. The summed E-state index contributed by atoms with van der Waals surface area (Å²) in [6.45, 7) is 2.98. The minimum Gasteiger partial charge on any atom is -0.496 e. The molecule has 0 spiro atoms. The second-order valence-corrected chi connectivity index (χ2v) is 6.91. The lowest BCUT2D eigenvalue weighted by Gasteiger charge is -2.31. The maximum absolute atomic E-state index is 14.2. The first kappa shape index (κ1) is 17.2. The zero-order chi connectivity index (χ0) is 17.9. The van der Waals surface area contributed by atoms with Crippen molar-refractivity contribution in [2.24, 2.45) is 0 Å². The van der Waals surface area contributed by atoms with Crippen LogP contribution in [0.4, 0.5) is 15.8 Å². The Morgan fingerprint density at radius 2 is 2.04 bits per heavy atom. The number of methoxy groups -OCH3 is 1. The van der Waals surface area contributed by atoms with Crippen molar-refractivity contribution in [2.45, 2.75) is 25.3 Å². The van der Waals surface area contributed by atoms with Crippen LogP contribution < -0.4 is 15.0 Å². The number of nitrogens with one attached hydrogen (secondary N) is 1. The fourth-order valence-electron chi connectivity index (χ4n) is 4.02. The zero-order valence-electron chi connectivity index (χ0n) is 15.1. The summed E-state index contributed by atoms with van der Waals surface area (Å²) in [6, 6.07) is 11.6. The maximum Gasteiger partial charge on any atom is 0.127 e. The average Bonchev–Trinajstić information content (AvgIpc) is 2.68. The van der Waals surface area contributed by atoms with Gasteiger partial charge in [-0.05, 0) is 54.7 Å². The molecule has 0 bridgehead atoms. The van der Waals surface area contributed by atoms with Gasteiger partial charge in [0.2, 0.25) is 0 Å². The minimum absolute atomic E-state index is 0.174. The molecule has 4 rings (SSSR count). The molecule has 138 valence electrons. The van der Waals surface area contributed by atoms with E-state index in [-0.39, 0.29) is 11.9 Å². The van der Waals surface area contributed by atoms with Gasteiger partial charge in [-0.25, -0.2) is 4.39 Å². The first-order valence-electron chi connectivity index (χ1n) is 9.30. The number of fused-ring (bicyclic) bond motifs is 1. The molecule has 1 unspecified atom stereocenters. The van der Waals surface area contributed by atoms with Gasteiger partial charge in [-0.2, -0.15) is 0 Å². The van der Waals surface area contributed by atoms with Crippen LogP contribution in [0.5, 0.6) is 5.75 Å². The summed E-state index contributed by atoms with van der Waals surface area (Å²) in [7, 11) is 1.72. The third kappa shape index (κ3) is 3.49. The third-order valence-electron chi connectivity index (χ3n) is 5.28. The molecule has 2 aromatic rings. The Morgan fingerprint density at radius 1 is 1.19 bits per heavy atom. The van der Waals surface area contributed by atoms with Crippen LogP contribution in [0.1, 0.15) is 30.0 Å². The molecule has 5 heteroatoms. The van der Waals surface area contributed by atoms with Crippen LogP contribution in [-0.2, 0) is 11.2 Å². The molecule has 1 N–H and O–H groups in total. The van der Waals surface area contributed by atoms with Crippen LogP contribution in [0.2, 0.25) is 0 Å². The molecule has 0 radical (unpaired) electrons. The number of hydrogen-bond acceptors (Lipinski definition) is 4. The van der Waals surface area contributed by atoms with Gasteiger partial charge in [0.25, 0.3) is 0 Å². The fourth-order valence-corrected chi connectivity index (χ4v) is 4.02. The average molecular weight is 356 g/mol. The number of benzene rings is 2. The normalized spacial score (nSPS) is 19.8. The summed E-state index contributed by atoms with van der Waals surface area (Å²) in [4.78, 5) is 2.18. The second kappa shape index (κ2) is 7.54. The molecule has 2 aromatic carbocycles. The van der Waals surface area contributed by atoms with Gasteiger partial charge < -0.3 is 19.7 Å². The summed E-state index contributed by atoms with van der Waals surface area (Å²) >= 11 is 0. The Labute approximate surface area is 153 Å². The van der Waals surface area contributed by atoms with Crippen molar-refractivity contribution in [3.63, 3.8) is 0 Å². The molecule has 4 nitrogen and oxygen atoms in total. The Bertz CT molecular complexity index is 775. The Morgan fingerprint density at radius 3 is 2.85 bits per heavy atom. The van der Waals surface area contributed by atoms with Crippen molar-refractivity contribution in [1.82, 2.24) is 0 Å². The second-order valence-electron chi connectivity index (χ2n) is 6.91. The molecule has 1 aliphatic carbocycles. The van der Waals surface area contributed by atoms with E-state index in [1.165, 1.54) is 11.1 Å². The van der Waals surface area contributed by atoms with Crippen molar-refractivity contribution in [3.05, 3.63) is 53.3 Å². The Balaban J connectivity index is 1.59. The van der Waals surface area contributed by atoms with E-state index >= 15 is 0 Å². The molecular weight excluding hydrogens is 331 g/mol. The summed E-state index contributed by atoms with van der Waals surface area (Å²) in [5, 5.41) is 3.56. The molecular formula is C21H25FN2O2. The highest BCUT2D eigenvalue weighted by Crippen LogP contribution is 2.37. The summed E-state index contributed by atoms with van der Waals surface area (Å²) in [6.07, 6.45) is 3.15. The van der Waals surface area contributed by atoms with Gasteiger partial charge in [0.05, 0.1) is 26.4 Å². The van der Waals surface area contributed by atoms with Crippen molar-refractivity contribution >= 4 is 11.4 Å². The number of anilines is 2. The molecule has 1 saturated heterocycles. The molecule has 0 saturated carbocycles. The predicted molar refractivity (Wildman–Crippen MR) is 102 cm³/mol. The Hall–Kier alpha value is -2.27. The molecule has 1 heterocycles. The molecule has 0 aromatic heterocycles. The number of hydrogen-bond donors (Lipinski definition) is 1. The molecule has 1 atom stereocenters. The van der Waals surface area contributed by atoms with Crippen molar-refractivity contribution in [1.29, 1.82) is 0 Å². The number of halogens is 1. The highest BCUT2D eigenvalue weighted by atomic mass is 19.1. The zero-order valence-corrected chi connectivity index (χ0v) is 15.1. The third-order valence-corrected chi connectivity index (χ3v) is 5.28. The lowest BCUT2D eigenvalue weighted by molar-refractivity contribution is 0.122. The van der Waals surface area contributed by atoms with Gasteiger partial charge >= 0.3 is 0 Å². The summed E-state index contributed by atoms with van der Waals surface area (Å²) in [5.41, 5.74) is 4.26. The van der Waals surface area contributed by atoms with Gasteiger partial charge in [-0.1, -0.05) is 12.1 Å². The van der Waals surface area contributed by atoms with E-state index in [2.05, 4.69) is 16.3 Å². The number of ether oxygens (including phenoxy) is 2. The smallest absolute Gasteiger partial charge is 0.127 e. The van der Waals surface area contributed by atoms with Gasteiger partial charge in [-0.3, -0.25) is 0 Å². The topological polar surface area (TPSA) is 33.7 Å². The van der Waals surface area contributed by atoms with E-state index in [9.17, 15) is 4.39 Å². The fraction of sp³-hybridized carbons (Fsp3) is 0.429. The lowest BCUT2D eigenvalue weighted by Crippen LogP contribution is -2.36. The van der Waals surface area contributed by atoms with E-state index < -0.39 is 0 Å². The number of nitrogens with zero attached hydrogens (tertiary/aromatic N) is 1. The first-order chi connectivity index (χ1) is 12.7. The minimum atomic E-state index is -0.210. The summed E-state index contributed by atoms with van der Waals surface area (Å²) in [5.74, 6) is 0.736. The van der Waals surface area contributed by atoms with Crippen LogP contribution >= 0.6 is 0 Å². The van der Waals surface area contributed by atoms with E-state index in [0.29, 0.717) is 13.2 Å². The van der Waals surface area contributed by atoms with Crippen molar-refractivity contribution in [2.75, 3.05) is 43.6 Å². The summed E-state index contributed by atoms with van der Waals surface area (Å²) < 4.78 is 25.2. The van der Waals surface area contributed by atoms with E-state index in [1.807, 2.05) is 18.2 Å². The largest absolute Gasteiger partial charge is 0.496 e. The quantitative estimate of drug-likeness (QED) is 0.892. The van der Waals surface area contributed by atoms with Gasteiger partial charge in [0.1, 0.15) is 11.6 Å². The standard InChI is InChI=1S/C21H25FN2O2/c1-25-21-7-3-4-18-19(21)5-2-6-20(18)23-16-12-15(22)13-17(14-16)24-8-10-26-11-9-24/h3-4,7,12-14,20,23H,2,5-6,8-11H2,1H3. The van der Waals surface area contributed by atoms with Crippen LogP contribution in [0.3, 0.4) is 0 Å². The van der Waals surface area contributed by atoms with E-state index in [0.717, 1.165) is 49.5 Å². The SMILES string of the molecule is COc1cccc2c1CCCC2Nc1cc(F)cc(N2CCOCC2)c1. The van der Waals surface area contributed by atoms with Crippen molar-refractivity contribution in [3.8, 4) is 5.75 Å². The molecule has 0 amide bonds. The molecule has 26 heavy (non-hydrogen) atoms. The van der Waals surface area contributed by atoms with Crippen LogP contribution in [0.15, 0.2) is 36.4 Å². The molecule has 2 aliphatic rings. The van der Waals surface area contributed by atoms with E-state index in [4.69, 9.17) is 9.47 Å². The van der Waals surface area contributed by atoms with Crippen LogP contribution in [0, 0.1) is 5.82 Å². The maximum atomic E-state index is 14.2. The highest BCUT2D eigenvalue weighted by Gasteiger charge is 2.23. The number of rotatable bonds is 4. The van der Waals surface area contributed by atoms with E-state index in [1.54, 1.807) is 19.2 Å². The monoisotopic (exact) mass is 356 g/mol. The van der Waals surface area contributed by atoms with Crippen molar-refractivity contribution < 1.29 is 13.9 Å². The highest BCUT2D eigenvalue weighted by molar-refractivity contribution is 5.60. The van der Waals surface area contributed by atoms with Gasteiger partial charge in [-0.15, -0.1) is 0 Å². The lowest BCUT2D eigenvalue weighted by atomic mass is 9.87. The van der Waals surface area contributed by atoms with Gasteiger partial charge in [0.15, 0.2) is 0 Å². The Kier molecular flexibility index (Phi) is 4.98. The van der Waals surface area contributed by atoms with Gasteiger partial charge in [0, 0.05) is 24.5 Å². The number of morpholine rings is 1.